The van der Waals surface area contributed by atoms with Crippen LogP contribution in [0.4, 0.5) is 13.2 Å². The molecule has 0 radical (unpaired) electrons. The molecular formula is C22H19F3O2. The van der Waals surface area contributed by atoms with E-state index in [4.69, 9.17) is 9.47 Å². The molecule has 0 aliphatic rings. The largest absolute Gasteiger partial charge is 0.494 e. The quantitative estimate of drug-likeness (QED) is 0.474. The van der Waals surface area contributed by atoms with Gasteiger partial charge in [0.1, 0.15) is 18.2 Å². The second-order valence-electron chi connectivity index (χ2n) is 5.87. The van der Waals surface area contributed by atoms with Gasteiger partial charge in [0.05, 0.1) is 12.0 Å². The van der Waals surface area contributed by atoms with E-state index in [9.17, 15) is 13.2 Å². The average Bonchev–Trinajstić information content (AvgIpc) is 2.67. The molecule has 0 saturated carbocycles. The number of allylic oxidation sites excluding steroid dienone is 1. The molecule has 5 heteroatoms. The van der Waals surface area contributed by atoms with Gasteiger partial charge in [-0.25, -0.2) is 8.78 Å². The average molecular weight is 372 g/mol. The monoisotopic (exact) mass is 372 g/mol. The SMILES string of the molecule is CC=CCOc1cc2ccc(-c3ccc(OCC)cc3)c(F)c2c(F)c1F. The van der Waals surface area contributed by atoms with Crippen molar-refractivity contribution in [3.63, 3.8) is 0 Å². The van der Waals surface area contributed by atoms with Crippen LogP contribution in [0.3, 0.4) is 0 Å². The lowest BCUT2D eigenvalue weighted by molar-refractivity contribution is 0.333. The van der Waals surface area contributed by atoms with E-state index in [0.717, 1.165) is 0 Å². The first-order chi connectivity index (χ1) is 13.1. The van der Waals surface area contributed by atoms with Crippen LogP contribution in [0.2, 0.25) is 0 Å². The first kappa shape index (κ1) is 18.8. The van der Waals surface area contributed by atoms with E-state index >= 15 is 0 Å². The second-order valence-corrected chi connectivity index (χ2v) is 5.87. The zero-order valence-electron chi connectivity index (χ0n) is 15.1. The molecule has 0 bridgehead atoms. The molecule has 0 aliphatic heterocycles. The van der Waals surface area contributed by atoms with Gasteiger partial charge in [-0.2, -0.15) is 4.39 Å². The van der Waals surface area contributed by atoms with Crippen LogP contribution in [0.15, 0.2) is 54.6 Å². The van der Waals surface area contributed by atoms with Crippen LogP contribution in [0.1, 0.15) is 13.8 Å². The standard InChI is InChI=1S/C22H19F3O2/c1-3-5-12-27-18-13-15-8-11-17(20(23)19(15)22(25)21(18)24)14-6-9-16(10-7-14)26-4-2/h3,5-11,13H,4,12H2,1-2H3. The molecule has 0 aliphatic carbocycles. The third-order valence-corrected chi connectivity index (χ3v) is 4.14. The first-order valence-corrected chi connectivity index (χ1v) is 8.64. The lowest BCUT2D eigenvalue weighted by atomic mass is 9.99. The van der Waals surface area contributed by atoms with Crippen LogP contribution in [0, 0.1) is 17.5 Å². The van der Waals surface area contributed by atoms with Crippen LogP contribution in [-0.4, -0.2) is 13.2 Å². The smallest absolute Gasteiger partial charge is 0.201 e. The molecule has 0 N–H and O–H groups in total. The Balaban J connectivity index is 2.06. The van der Waals surface area contributed by atoms with Gasteiger partial charge in [0.15, 0.2) is 11.6 Å². The van der Waals surface area contributed by atoms with Crippen molar-refractivity contribution in [1.29, 1.82) is 0 Å². The number of halogens is 3. The van der Waals surface area contributed by atoms with Gasteiger partial charge < -0.3 is 9.47 Å². The summed E-state index contributed by atoms with van der Waals surface area (Å²) in [6.07, 6.45) is 3.40. The number of ether oxygens (including phenoxy) is 2. The van der Waals surface area contributed by atoms with Gasteiger partial charge in [0.25, 0.3) is 0 Å². The minimum atomic E-state index is -1.26. The topological polar surface area (TPSA) is 18.5 Å². The predicted molar refractivity (Wildman–Crippen MR) is 101 cm³/mol. The van der Waals surface area contributed by atoms with Gasteiger partial charge in [-0.1, -0.05) is 36.4 Å². The maximum atomic E-state index is 15.0. The predicted octanol–water partition coefficient (Wildman–Crippen LogP) is 6.28. The zero-order chi connectivity index (χ0) is 19.4. The molecule has 3 rings (SSSR count). The van der Waals surface area contributed by atoms with Crippen LogP contribution in [0.5, 0.6) is 11.5 Å². The number of fused-ring (bicyclic) bond motifs is 1. The van der Waals surface area contributed by atoms with Crippen molar-refractivity contribution in [3.8, 4) is 22.6 Å². The van der Waals surface area contributed by atoms with Crippen molar-refractivity contribution in [2.24, 2.45) is 0 Å². The summed E-state index contributed by atoms with van der Waals surface area (Å²) in [4.78, 5) is 0. The Morgan fingerprint density at radius 2 is 1.63 bits per heavy atom. The van der Waals surface area contributed by atoms with Crippen LogP contribution in [-0.2, 0) is 0 Å². The van der Waals surface area contributed by atoms with Crippen molar-refractivity contribution < 1.29 is 22.6 Å². The molecule has 3 aromatic rings. The zero-order valence-corrected chi connectivity index (χ0v) is 15.1. The van der Waals surface area contributed by atoms with E-state index in [1.807, 2.05) is 6.92 Å². The summed E-state index contributed by atoms with van der Waals surface area (Å²) in [5, 5.41) is -0.158. The lowest BCUT2D eigenvalue weighted by Gasteiger charge is -2.12. The molecule has 0 atom stereocenters. The molecular weight excluding hydrogens is 353 g/mol. The van der Waals surface area contributed by atoms with Crippen molar-refractivity contribution in [2.45, 2.75) is 13.8 Å². The summed E-state index contributed by atoms with van der Waals surface area (Å²) in [6.45, 7) is 4.28. The van der Waals surface area contributed by atoms with Gasteiger partial charge in [0, 0.05) is 5.56 Å². The van der Waals surface area contributed by atoms with Crippen molar-refractivity contribution in [1.82, 2.24) is 0 Å². The third-order valence-electron chi connectivity index (χ3n) is 4.14. The maximum Gasteiger partial charge on any atom is 0.201 e. The summed E-state index contributed by atoms with van der Waals surface area (Å²) >= 11 is 0. The van der Waals surface area contributed by atoms with Gasteiger partial charge >= 0.3 is 0 Å². The van der Waals surface area contributed by atoms with E-state index < -0.39 is 22.8 Å². The van der Waals surface area contributed by atoms with E-state index in [2.05, 4.69) is 0 Å². The molecule has 0 amide bonds. The highest BCUT2D eigenvalue weighted by atomic mass is 19.2. The Hall–Kier alpha value is -2.95. The summed E-state index contributed by atoms with van der Waals surface area (Å²) in [5.41, 5.74) is 0.734. The van der Waals surface area contributed by atoms with E-state index in [1.165, 1.54) is 6.07 Å². The van der Waals surface area contributed by atoms with E-state index in [-0.39, 0.29) is 23.3 Å². The van der Waals surface area contributed by atoms with Gasteiger partial charge in [-0.05, 0) is 43.0 Å². The highest BCUT2D eigenvalue weighted by molar-refractivity contribution is 5.90. The molecule has 0 fully saturated rings. The lowest BCUT2D eigenvalue weighted by Crippen LogP contribution is -2.00. The maximum absolute atomic E-state index is 15.0. The Morgan fingerprint density at radius 1 is 0.889 bits per heavy atom. The fraction of sp³-hybridized carbons (Fsp3) is 0.182. The van der Waals surface area contributed by atoms with Gasteiger partial charge in [-0.3, -0.25) is 0 Å². The minimum Gasteiger partial charge on any atom is -0.494 e. The molecule has 0 unspecified atom stereocenters. The first-order valence-electron chi connectivity index (χ1n) is 8.64. The normalized spacial score (nSPS) is 11.3. The summed E-state index contributed by atoms with van der Waals surface area (Å²) in [6, 6.07) is 11.2. The van der Waals surface area contributed by atoms with Crippen LogP contribution in [0.25, 0.3) is 21.9 Å². The van der Waals surface area contributed by atoms with Gasteiger partial charge in [-0.15, -0.1) is 0 Å². The Morgan fingerprint density at radius 3 is 2.30 bits per heavy atom. The molecule has 0 aromatic heterocycles. The highest BCUT2D eigenvalue weighted by Gasteiger charge is 2.20. The van der Waals surface area contributed by atoms with Crippen LogP contribution < -0.4 is 9.47 Å². The number of rotatable bonds is 6. The molecule has 140 valence electrons. The van der Waals surface area contributed by atoms with E-state index in [0.29, 0.717) is 17.9 Å². The minimum absolute atomic E-state index is 0.102. The molecule has 0 spiro atoms. The van der Waals surface area contributed by atoms with Gasteiger partial charge in [0.2, 0.25) is 5.82 Å². The van der Waals surface area contributed by atoms with Crippen molar-refractivity contribution >= 4 is 10.8 Å². The Bertz CT molecular complexity index is 979. The number of hydrogen-bond acceptors (Lipinski definition) is 2. The summed E-state index contributed by atoms with van der Waals surface area (Å²) in [5.74, 6) is -2.86. The van der Waals surface area contributed by atoms with Crippen LogP contribution >= 0.6 is 0 Å². The molecule has 0 heterocycles. The molecule has 2 nitrogen and oxygen atoms in total. The second kappa shape index (κ2) is 8.16. The fourth-order valence-corrected chi connectivity index (χ4v) is 2.82. The molecule has 27 heavy (non-hydrogen) atoms. The third kappa shape index (κ3) is 3.77. The highest BCUT2D eigenvalue weighted by Crippen LogP contribution is 2.35. The Labute approximate surface area is 155 Å². The summed E-state index contributed by atoms with van der Waals surface area (Å²) < 4.78 is 54.4. The van der Waals surface area contributed by atoms with Crippen molar-refractivity contribution in [2.75, 3.05) is 13.2 Å². The number of hydrogen-bond donors (Lipinski definition) is 0. The molecule has 0 saturated heterocycles. The fourth-order valence-electron chi connectivity index (χ4n) is 2.82. The molecule has 3 aromatic carbocycles. The summed E-state index contributed by atoms with van der Waals surface area (Å²) in [7, 11) is 0. The van der Waals surface area contributed by atoms with Crippen molar-refractivity contribution in [3.05, 3.63) is 72.1 Å². The Kier molecular flexibility index (Phi) is 5.69. The van der Waals surface area contributed by atoms with E-state index in [1.54, 1.807) is 55.5 Å². The number of benzene rings is 3.